The van der Waals surface area contributed by atoms with Crippen LogP contribution >= 0.6 is 7.60 Å². The minimum atomic E-state index is -3.13. The molecular formula is C27H45O4P. The number of carbonyl (C=O) groups is 1. The summed E-state index contributed by atoms with van der Waals surface area (Å²) in [7, 11) is -3.13. The van der Waals surface area contributed by atoms with Crippen molar-refractivity contribution >= 4 is 13.4 Å². The summed E-state index contributed by atoms with van der Waals surface area (Å²) in [5, 5.41) is 0. The van der Waals surface area contributed by atoms with Crippen molar-refractivity contribution in [2.24, 2.45) is 46.3 Å². The highest BCUT2D eigenvalue weighted by Crippen LogP contribution is 2.68. The van der Waals surface area contributed by atoms with E-state index in [-0.39, 0.29) is 0 Å². The third-order valence-electron chi connectivity index (χ3n) is 10.4. The predicted octanol–water partition coefficient (Wildman–Crippen LogP) is 7.63. The van der Waals surface area contributed by atoms with Crippen molar-refractivity contribution in [3.63, 3.8) is 0 Å². The maximum Gasteiger partial charge on any atom is 0.353 e. The van der Waals surface area contributed by atoms with Gasteiger partial charge in [0.2, 0.25) is 0 Å². The molecule has 5 heteroatoms. The topological polar surface area (TPSA) is 52.6 Å². The molecule has 0 heterocycles. The number of allylic oxidation sites excluding steroid dienone is 1. The Balaban J connectivity index is 1.50. The summed E-state index contributed by atoms with van der Waals surface area (Å²) in [6.07, 6.45) is 12.7. The molecule has 3 unspecified atom stereocenters. The van der Waals surface area contributed by atoms with Crippen LogP contribution in [0.25, 0.3) is 0 Å². The lowest BCUT2D eigenvalue weighted by atomic mass is 9.44. The quantitative estimate of drug-likeness (QED) is 0.363. The van der Waals surface area contributed by atoms with E-state index < -0.39 is 7.60 Å². The second-order valence-electron chi connectivity index (χ2n) is 11.7. The lowest BCUT2D eigenvalue weighted by Gasteiger charge is -2.60. The van der Waals surface area contributed by atoms with Crippen LogP contribution in [0.1, 0.15) is 92.4 Å². The van der Waals surface area contributed by atoms with E-state index in [0.717, 1.165) is 37.0 Å². The minimum Gasteiger partial charge on any atom is -0.306 e. The van der Waals surface area contributed by atoms with Gasteiger partial charge in [-0.15, -0.1) is 0 Å². The SMILES string of the molecule is CCOP(=O)(C=C[C@@H](C)[C@H]1CCC2C3CC[C@H]4CC(=O)CC[C@]4(C)C3CC[C@@]21C)OCC. The molecule has 4 saturated carbocycles. The summed E-state index contributed by atoms with van der Waals surface area (Å²) in [5.74, 6) is 6.27. The average molecular weight is 465 g/mol. The van der Waals surface area contributed by atoms with Crippen molar-refractivity contribution in [1.29, 1.82) is 0 Å². The maximum atomic E-state index is 12.9. The first-order valence-electron chi connectivity index (χ1n) is 13.3. The molecule has 32 heavy (non-hydrogen) atoms. The Morgan fingerprint density at radius 3 is 2.38 bits per heavy atom. The number of Topliss-reactive ketones (excluding diaryl/α,β-unsaturated/α-hetero) is 1. The van der Waals surface area contributed by atoms with Crippen LogP contribution in [0.4, 0.5) is 0 Å². The highest BCUT2D eigenvalue weighted by molar-refractivity contribution is 7.57. The second-order valence-corrected chi connectivity index (χ2v) is 13.6. The molecule has 182 valence electrons. The van der Waals surface area contributed by atoms with Gasteiger partial charge < -0.3 is 9.05 Å². The fraction of sp³-hybridized carbons (Fsp3) is 0.889. The van der Waals surface area contributed by atoms with Crippen LogP contribution < -0.4 is 0 Å². The van der Waals surface area contributed by atoms with Gasteiger partial charge in [-0.1, -0.05) is 26.8 Å². The molecule has 4 fully saturated rings. The summed E-state index contributed by atoms with van der Waals surface area (Å²) in [5.41, 5.74) is 0.739. The summed E-state index contributed by atoms with van der Waals surface area (Å²) in [4.78, 5) is 12.1. The van der Waals surface area contributed by atoms with E-state index in [1.54, 1.807) is 5.82 Å². The Hall–Kier alpha value is -0.440. The van der Waals surface area contributed by atoms with Crippen molar-refractivity contribution in [2.45, 2.75) is 92.4 Å². The van der Waals surface area contributed by atoms with Gasteiger partial charge in [-0.05, 0) is 105 Å². The molecule has 8 atom stereocenters. The van der Waals surface area contributed by atoms with E-state index in [2.05, 4.69) is 26.8 Å². The van der Waals surface area contributed by atoms with Crippen molar-refractivity contribution in [2.75, 3.05) is 13.2 Å². The van der Waals surface area contributed by atoms with Gasteiger partial charge in [-0.3, -0.25) is 9.36 Å². The Bertz CT molecular complexity index is 768. The predicted molar refractivity (Wildman–Crippen MR) is 129 cm³/mol. The first-order valence-corrected chi connectivity index (χ1v) is 14.9. The fourth-order valence-electron chi connectivity index (χ4n) is 8.81. The summed E-state index contributed by atoms with van der Waals surface area (Å²) in [6, 6.07) is 0. The average Bonchev–Trinajstić information content (AvgIpc) is 3.10. The lowest BCUT2D eigenvalue weighted by molar-refractivity contribution is -0.140. The zero-order valence-electron chi connectivity index (χ0n) is 21.0. The molecule has 4 rings (SSSR count). The Labute approximate surface area is 195 Å². The molecule has 0 aromatic heterocycles. The molecule has 0 radical (unpaired) electrons. The third kappa shape index (κ3) is 4.22. The highest BCUT2D eigenvalue weighted by atomic mass is 31.2. The van der Waals surface area contributed by atoms with Crippen LogP contribution in [0, 0.1) is 46.3 Å². The number of fused-ring (bicyclic) bond motifs is 5. The Morgan fingerprint density at radius 1 is 1.00 bits per heavy atom. The van der Waals surface area contributed by atoms with E-state index in [0.29, 0.717) is 47.6 Å². The molecule has 0 bridgehead atoms. The van der Waals surface area contributed by atoms with Crippen LogP contribution in [0.3, 0.4) is 0 Å². The van der Waals surface area contributed by atoms with Crippen LogP contribution in [-0.2, 0) is 18.4 Å². The van der Waals surface area contributed by atoms with Crippen LogP contribution in [-0.4, -0.2) is 19.0 Å². The molecule has 4 nitrogen and oxygen atoms in total. The van der Waals surface area contributed by atoms with Crippen molar-refractivity contribution in [3.8, 4) is 0 Å². The smallest absolute Gasteiger partial charge is 0.306 e. The normalized spacial score (nSPS) is 43.0. The van der Waals surface area contributed by atoms with E-state index in [1.165, 1.54) is 38.5 Å². The van der Waals surface area contributed by atoms with E-state index in [9.17, 15) is 9.36 Å². The lowest BCUT2D eigenvalue weighted by Crippen LogP contribution is -2.53. The van der Waals surface area contributed by atoms with Gasteiger partial charge in [-0.2, -0.15) is 0 Å². The molecule has 0 aliphatic heterocycles. The number of rotatable bonds is 7. The molecule has 4 aliphatic carbocycles. The number of hydrogen-bond acceptors (Lipinski definition) is 4. The standard InChI is InChI=1S/C27H45O4P/c1-6-30-32(29,31-7-2)17-14-19(3)23-10-11-24-22-9-8-20-18-21(28)12-15-26(20,4)25(22)13-16-27(23,24)5/h14,17,19-20,22-25H,6-13,15-16,18H2,1-5H3/t19-,20+,22?,23-,24?,25?,26+,27-/m1/s1. The van der Waals surface area contributed by atoms with Gasteiger partial charge in [-0.25, -0.2) is 0 Å². The number of hydrogen-bond donors (Lipinski definition) is 0. The third-order valence-corrected chi connectivity index (χ3v) is 12.2. The molecule has 4 aliphatic rings. The van der Waals surface area contributed by atoms with Gasteiger partial charge in [0.25, 0.3) is 0 Å². The van der Waals surface area contributed by atoms with E-state index >= 15 is 0 Å². The minimum absolute atomic E-state index is 0.361. The fourth-order valence-corrected chi connectivity index (χ4v) is 10.3. The maximum absolute atomic E-state index is 12.9. The number of carbonyl (C=O) groups excluding carboxylic acids is 1. The van der Waals surface area contributed by atoms with Crippen molar-refractivity contribution in [1.82, 2.24) is 0 Å². The van der Waals surface area contributed by atoms with Gasteiger partial charge in [0.05, 0.1) is 13.2 Å². The first-order chi connectivity index (χ1) is 15.2. The van der Waals surface area contributed by atoms with Crippen molar-refractivity contribution in [3.05, 3.63) is 11.9 Å². The Morgan fingerprint density at radius 2 is 1.69 bits per heavy atom. The summed E-state index contributed by atoms with van der Waals surface area (Å²) in [6.45, 7) is 11.9. The van der Waals surface area contributed by atoms with Gasteiger partial charge in [0.15, 0.2) is 0 Å². The zero-order chi connectivity index (χ0) is 23.1. The largest absolute Gasteiger partial charge is 0.353 e. The monoisotopic (exact) mass is 464 g/mol. The summed E-state index contributed by atoms with van der Waals surface area (Å²) >= 11 is 0. The number of ketones is 1. The molecule has 0 aromatic carbocycles. The van der Waals surface area contributed by atoms with Crippen molar-refractivity contribution < 1.29 is 18.4 Å². The van der Waals surface area contributed by atoms with Gasteiger partial charge in [0.1, 0.15) is 5.78 Å². The van der Waals surface area contributed by atoms with E-state index in [4.69, 9.17) is 9.05 Å². The Kier molecular flexibility index (Phi) is 7.18. The molecule has 0 saturated heterocycles. The second kappa shape index (κ2) is 9.31. The van der Waals surface area contributed by atoms with Gasteiger partial charge in [0, 0.05) is 18.7 Å². The molecule has 0 N–H and O–H groups in total. The van der Waals surface area contributed by atoms with Crippen LogP contribution in [0.5, 0.6) is 0 Å². The van der Waals surface area contributed by atoms with Crippen LogP contribution in [0.15, 0.2) is 11.9 Å². The highest BCUT2D eigenvalue weighted by Gasteiger charge is 2.60. The summed E-state index contributed by atoms with van der Waals surface area (Å²) < 4.78 is 23.9. The zero-order valence-corrected chi connectivity index (χ0v) is 21.9. The van der Waals surface area contributed by atoms with Crippen LogP contribution in [0.2, 0.25) is 0 Å². The molecule has 0 aromatic rings. The molecular weight excluding hydrogens is 419 g/mol. The molecule has 0 amide bonds. The molecule has 0 spiro atoms. The van der Waals surface area contributed by atoms with E-state index in [1.807, 2.05) is 13.8 Å². The first kappa shape index (κ1) is 24.7. The van der Waals surface area contributed by atoms with Gasteiger partial charge >= 0.3 is 7.60 Å².